The summed E-state index contributed by atoms with van der Waals surface area (Å²) in [5.41, 5.74) is 3.65. The van der Waals surface area contributed by atoms with Crippen LogP contribution in [0.1, 0.15) is 49.7 Å². The number of benzene rings is 1. The summed E-state index contributed by atoms with van der Waals surface area (Å²) in [7, 11) is 1.77. The van der Waals surface area contributed by atoms with E-state index in [1.165, 1.54) is 32.1 Å². The Hall–Kier alpha value is -1.24. The fourth-order valence-corrected chi connectivity index (χ4v) is 5.17. The first-order valence-corrected chi connectivity index (χ1v) is 8.06. The summed E-state index contributed by atoms with van der Waals surface area (Å²) in [5, 5.41) is 0. The highest BCUT2D eigenvalue weighted by molar-refractivity contribution is 5.41. The Bertz CT molecular complexity index is 559. The van der Waals surface area contributed by atoms with Crippen LogP contribution < -0.4 is 4.74 Å². The molecular weight excluding hydrogens is 244 g/mol. The average Bonchev–Trinajstić information content (AvgIpc) is 2.88. The molecule has 0 bridgehead atoms. The van der Waals surface area contributed by atoms with Crippen LogP contribution in [-0.4, -0.2) is 7.11 Å². The Morgan fingerprint density at radius 3 is 3.00 bits per heavy atom. The molecule has 1 fully saturated rings. The van der Waals surface area contributed by atoms with Crippen molar-refractivity contribution in [2.45, 2.75) is 44.9 Å². The Morgan fingerprint density at radius 2 is 2.15 bits per heavy atom. The molecule has 1 heteroatoms. The minimum absolute atomic E-state index is 0.491. The summed E-state index contributed by atoms with van der Waals surface area (Å²) in [4.78, 5) is 0. The van der Waals surface area contributed by atoms with Gasteiger partial charge in [0.05, 0.1) is 7.11 Å². The van der Waals surface area contributed by atoms with Gasteiger partial charge >= 0.3 is 0 Å². The van der Waals surface area contributed by atoms with E-state index in [1.54, 1.807) is 18.2 Å². The van der Waals surface area contributed by atoms with E-state index >= 15 is 0 Å². The van der Waals surface area contributed by atoms with Crippen LogP contribution in [0.25, 0.3) is 0 Å². The zero-order valence-electron chi connectivity index (χ0n) is 12.6. The van der Waals surface area contributed by atoms with E-state index in [4.69, 9.17) is 4.74 Å². The zero-order valence-corrected chi connectivity index (χ0v) is 12.6. The maximum atomic E-state index is 5.39. The molecule has 0 saturated heterocycles. The van der Waals surface area contributed by atoms with E-state index in [-0.39, 0.29) is 0 Å². The van der Waals surface area contributed by atoms with Crippen LogP contribution in [0.2, 0.25) is 0 Å². The lowest BCUT2D eigenvalue weighted by Gasteiger charge is -2.49. The first-order valence-electron chi connectivity index (χ1n) is 8.06. The molecule has 1 nitrogen and oxygen atoms in total. The van der Waals surface area contributed by atoms with Crippen LogP contribution in [-0.2, 0) is 6.42 Å². The average molecular weight is 268 g/mol. The van der Waals surface area contributed by atoms with Gasteiger partial charge in [-0.1, -0.05) is 25.1 Å². The van der Waals surface area contributed by atoms with Gasteiger partial charge < -0.3 is 4.74 Å². The maximum Gasteiger partial charge on any atom is 0.119 e. The van der Waals surface area contributed by atoms with Crippen molar-refractivity contribution < 1.29 is 4.74 Å². The predicted octanol–water partition coefficient (Wildman–Crippen LogP) is 4.72. The SMILES string of the molecule is COc1ccc2c(c1)CC[C@H]1[C@@H]2CC[C@@]2(C)C=CC[C@@H]12. The van der Waals surface area contributed by atoms with Gasteiger partial charge in [-0.15, -0.1) is 0 Å². The number of aryl methyl sites for hydroxylation is 1. The van der Waals surface area contributed by atoms with Crippen LogP contribution in [0.15, 0.2) is 30.4 Å². The number of fused-ring (bicyclic) bond motifs is 5. The second-order valence-corrected chi connectivity index (χ2v) is 7.16. The van der Waals surface area contributed by atoms with Crippen molar-refractivity contribution in [1.82, 2.24) is 0 Å². The molecule has 0 aliphatic heterocycles. The highest BCUT2D eigenvalue weighted by Crippen LogP contribution is 2.58. The summed E-state index contributed by atoms with van der Waals surface area (Å²) in [6.45, 7) is 2.49. The van der Waals surface area contributed by atoms with Crippen LogP contribution in [0.5, 0.6) is 5.75 Å². The van der Waals surface area contributed by atoms with E-state index in [2.05, 4.69) is 37.3 Å². The molecule has 0 N–H and O–H groups in total. The summed E-state index contributed by atoms with van der Waals surface area (Å²) in [6.07, 6.45) is 11.6. The minimum atomic E-state index is 0.491. The van der Waals surface area contributed by atoms with Crippen molar-refractivity contribution in [3.05, 3.63) is 41.5 Å². The van der Waals surface area contributed by atoms with Crippen LogP contribution in [0.3, 0.4) is 0 Å². The first-order chi connectivity index (χ1) is 9.71. The molecule has 0 aromatic heterocycles. The normalized spacial score (nSPS) is 38.0. The molecule has 4 rings (SSSR count). The van der Waals surface area contributed by atoms with E-state index in [9.17, 15) is 0 Å². The molecule has 0 unspecified atom stereocenters. The van der Waals surface area contributed by atoms with Crippen molar-refractivity contribution in [3.63, 3.8) is 0 Å². The van der Waals surface area contributed by atoms with Gasteiger partial charge in [-0.3, -0.25) is 0 Å². The molecule has 20 heavy (non-hydrogen) atoms. The van der Waals surface area contributed by atoms with Crippen molar-refractivity contribution >= 4 is 0 Å². The van der Waals surface area contributed by atoms with Crippen LogP contribution in [0.4, 0.5) is 0 Å². The van der Waals surface area contributed by atoms with Crippen molar-refractivity contribution in [3.8, 4) is 5.75 Å². The molecule has 0 spiro atoms. The van der Waals surface area contributed by atoms with Gasteiger partial charge in [-0.2, -0.15) is 0 Å². The number of rotatable bonds is 1. The van der Waals surface area contributed by atoms with Crippen molar-refractivity contribution in [1.29, 1.82) is 0 Å². The molecule has 1 saturated carbocycles. The van der Waals surface area contributed by atoms with Gasteiger partial charge in [0.2, 0.25) is 0 Å². The Morgan fingerprint density at radius 1 is 1.25 bits per heavy atom. The highest BCUT2D eigenvalue weighted by atomic mass is 16.5. The Labute approximate surface area is 122 Å². The molecule has 0 amide bonds. The van der Waals surface area contributed by atoms with E-state index in [0.717, 1.165) is 23.5 Å². The topological polar surface area (TPSA) is 9.23 Å². The zero-order chi connectivity index (χ0) is 13.7. The standard InChI is InChI=1S/C19H24O/c1-19-10-3-4-18(19)17-7-5-13-12-14(20-2)6-8-15(13)16(17)9-11-19/h3,6,8,10,12,16-18H,4-5,7,9,11H2,1-2H3/t16-,17+,18+,19-/m1/s1. The summed E-state index contributed by atoms with van der Waals surface area (Å²) >= 11 is 0. The molecule has 3 aliphatic rings. The van der Waals surface area contributed by atoms with E-state index in [0.29, 0.717) is 5.41 Å². The van der Waals surface area contributed by atoms with E-state index in [1.807, 2.05) is 0 Å². The van der Waals surface area contributed by atoms with Gasteiger partial charge in [-0.25, -0.2) is 0 Å². The smallest absolute Gasteiger partial charge is 0.119 e. The van der Waals surface area contributed by atoms with Crippen molar-refractivity contribution in [2.24, 2.45) is 17.3 Å². The monoisotopic (exact) mass is 268 g/mol. The predicted molar refractivity (Wildman–Crippen MR) is 82.1 cm³/mol. The number of ether oxygens (including phenoxy) is 1. The van der Waals surface area contributed by atoms with Gasteiger partial charge in [0.1, 0.15) is 5.75 Å². The number of hydrogen-bond donors (Lipinski definition) is 0. The number of methoxy groups -OCH3 is 1. The molecule has 4 atom stereocenters. The molecule has 106 valence electrons. The molecule has 1 aromatic rings. The van der Waals surface area contributed by atoms with Gasteiger partial charge in [-0.05, 0) is 78.5 Å². The largest absolute Gasteiger partial charge is 0.497 e. The lowest BCUT2D eigenvalue weighted by atomic mass is 9.56. The highest BCUT2D eigenvalue weighted by Gasteiger charge is 2.48. The Balaban J connectivity index is 1.70. The third-order valence-electron chi connectivity index (χ3n) is 6.26. The summed E-state index contributed by atoms with van der Waals surface area (Å²) < 4.78 is 5.39. The second kappa shape index (κ2) is 4.38. The second-order valence-electron chi connectivity index (χ2n) is 7.16. The number of allylic oxidation sites excluding steroid dienone is 2. The Kier molecular flexibility index (Phi) is 2.73. The maximum absolute atomic E-state index is 5.39. The third kappa shape index (κ3) is 1.68. The van der Waals surface area contributed by atoms with Crippen LogP contribution >= 0.6 is 0 Å². The number of hydrogen-bond acceptors (Lipinski definition) is 1. The van der Waals surface area contributed by atoms with E-state index < -0.39 is 0 Å². The van der Waals surface area contributed by atoms with Crippen molar-refractivity contribution in [2.75, 3.05) is 7.11 Å². The minimum Gasteiger partial charge on any atom is -0.497 e. The molecule has 3 aliphatic carbocycles. The third-order valence-corrected chi connectivity index (χ3v) is 6.26. The lowest BCUT2D eigenvalue weighted by molar-refractivity contribution is 0.0826. The van der Waals surface area contributed by atoms with Gasteiger partial charge in [0.25, 0.3) is 0 Å². The first kappa shape index (κ1) is 12.5. The molecule has 1 aromatic carbocycles. The lowest BCUT2D eigenvalue weighted by Crippen LogP contribution is -2.39. The van der Waals surface area contributed by atoms with Gasteiger partial charge in [0.15, 0.2) is 0 Å². The van der Waals surface area contributed by atoms with Gasteiger partial charge in [0, 0.05) is 0 Å². The molecule has 0 radical (unpaired) electrons. The quantitative estimate of drug-likeness (QED) is 0.670. The van der Waals surface area contributed by atoms with Crippen LogP contribution in [0, 0.1) is 17.3 Å². The fraction of sp³-hybridized carbons (Fsp3) is 0.579. The summed E-state index contributed by atoms with van der Waals surface area (Å²) in [6, 6.07) is 6.77. The fourth-order valence-electron chi connectivity index (χ4n) is 5.17. The molecule has 0 heterocycles. The summed E-state index contributed by atoms with van der Waals surface area (Å²) in [5.74, 6) is 3.59. The molecular formula is C19H24O.